The van der Waals surface area contributed by atoms with Gasteiger partial charge in [-0.25, -0.2) is 0 Å². The van der Waals surface area contributed by atoms with Gasteiger partial charge in [0.25, 0.3) is 0 Å². The summed E-state index contributed by atoms with van der Waals surface area (Å²) in [5.41, 5.74) is 0.753. The molecule has 0 amide bonds. The maximum absolute atomic E-state index is 10.2. The van der Waals surface area contributed by atoms with E-state index in [1.165, 1.54) is 0 Å². The van der Waals surface area contributed by atoms with Crippen molar-refractivity contribution in [1.29, 1.82) is 5.26 Å². The summed E-state index contributed by atoms with van der Waals surface area (Å²) in [4.78, 5) is 0. The third-order valence-electron chi connectivity index (χ3n) is 2.82. The molecule has 0 bridgehead atoms. The van der Waals surface area contributed by atoms with E-state index in [2.05, 4.69) is 6.07 Å². The van der Waals surface area contributed by atoms with Gasteiger partial charge in [-0.05, 0) is 30.5 Å². The van der Waals surface area contributed by atoms with E-state index >= 15 is 0 Å². The molecule has 3 heteroatoms. The lowest BCUT2D eigenvalue weighted by Gasteiger charge is -2.17. The summed E-state index contributed by atoms with van der Waals surface area (Å²) in [5.74, 6) is 0.401. The van der Waals surface area contributed by atoms with E-state index in [9.17, 15) is 5.11 Å². The van der Waals surface area contributed by atoms with E-state index in [0.29, 0.717) is 13.0 Å². The fraction of sp³-hybridized carbons (Fsp3) is 0.533. The quantitative estimate of drug-likeness (QED) is 0.803. The molecule has 1 N–H and O–H groups in total. The molecular weight excluding hydrogens is 226 g/mol. The smallest absolute Gasteiger partial charge is 0.119 e. The second kappa shape index (κ2) is 7.73. The molecule has 1 aromatic carbocycles. The van der Waals surface area contributed by atoms with Crippen LogP contribution in [0.1, 0.15) is 44.8 Å². The Bertz CT molecular complexity index is 398. The van der Waals surface area contributed by atoms with E-state index in [4.69, 9.17) is 10.00 Å². The first-order valence-corrected chi connectivity index (χ1v) is 6.53. The van der Waals surface area contributed by atoms with E-state index in [1.54, 1.807) is 0 Å². The van der Waals surface area contributed by atoms with Crippen molar-refractivity contribution in [3.63, 3.8) is 0 Å². The SMILES string of the molecule is CCCOc1cccc(C(O)C(C#N)CCC)c1. The van der Waals surface area contributed by atoms with Crippen LogP contribution >= 0.6 is 0 Å². The summed E-state index contributed by atoms with van der Waals surface area (Å²) in [7, 11) is 0. The molecule has 0 aliphatic carbocycles. The second-order valence-electron chi connectivity index (χ2n) is 4.39. The molecule has 0 saturated heterocycles. The predicted molar refractivity (Wildman–Crippen MR) is 71.2 cm³/mol. The van der Waals surface area contributed by atoms with Crippen LogP contribution in [0.3, 0.4) is 0 Å². The molecule has 0 aliphatic heterocycles. The van der Waals surface area contributed by atoms with Gasteiger partial charge in [-0.1, -0.05) is 32.4 Å². The largest absolute Gasteiger partial charge is 0.494 e. The van der Waals surface area contributed by atoms with Crippen molar-refractivity contribution >= 4 is 0 Å². The minimum atomic E-state index is -0.736. The first kappa shape index (κ1) is 14.5. The molecule has 2 atom stereocenters. The van der Waals surface area contributed by atoms with E-state index in [-0.39, 0.29) is 5.92 Å². The molecule has 98 valence electrons. The summed E-state index contributed by atoms with van der Waals surface area (Å²) in [5, 5.41) is 19.2. The number of rotatable bonds is 7. The van der Waals surface area contributed by atoms with Gasteiger partial charge in [0, 0.05) is 0 Å². The maximum atomic E-state index is 10.2. The van der Waals surface area contributed by atoms with Crippen molar-refractivity contribution in [3.8, 4) is 11.8 Å². The van der Waals surface area contributed by atoms with Gasteiger partial charge in [-0.3, -0.25) is 0 Å². The lowest BCUT2D eigenvalue weighted by atomic mass is 9.93. The summed E-state index contributed by atoms with van der Waals surface area (Å²) in [6, 6.07) is 9.55. The third kappa shape index (κ3) is 4.05. The van der Waals surface area contributed by atoms with Gasteiger partial charge in [-0.2, -0.15) is 5.26 Å². The molecule has 0 aliphatic rings. The molecule has 0 spiro atoms. The van der Waals surface area contributed by atoms with E-state index < -0.39 is 6.10 Å². The molecule has 0 aromatic heterocycles. The molecule has 18 heavy (non-hydrogen) atoms. The first-order valence-electron chi connectivity index (χ1n) is 6.53. The summed E-state index contributed by atoms with van der Waals surface area (Å²) < 4.78 is 5.53. The van der Waals surface area contributed by atoms with Gasteiger partial charge >= 0.3 is 0 Å². The zero-order chi connectivity index (χ0) is 13.4. The lowest BCUT2D eigenvalue weighted by Crippen LogP contribution is -2.10. The van der Waals surface area contributed by atoms with Gasteiger partial charge in [0.2, 0.25) is 0 Å². The molecule has 2 unspecified atom stereocenters. The summed E-state index contributed by atoms with van der Waals surface area (Å²) in [6.07, 6.45) is 1.81. The Morgan fingerprint density at radius 1 is 1.33 bits per heavy atom. The lowest BCUT2D eigenvalue weighted by molar-refractivity contribution is 0.129. The normalized spacial score (nSPS) is 13.7. The van der Waals surface area contributed by atoms with Gasteiger partial charge in [-0.15, -0.1) is 0 Å². The van der Waals surface area contributed by atoms with Crippen molar-refractivity contribution in [1.82, 2.24) is 0 Å². The highest BCUT2D eigenvalue weighted by Gasteiger charge is 2.20. The average molecular weight is 247 g/mol. The number of ether oxygens (including phenoxy) is 1. The van der Waals surface area contributed by atoms with Crippen LogP contribution in [0.4, 0.5) is 0 Å². The van der Waals surface area contributed by atoms with E-state index in [0.717, 1.165) is 24.2 Å². The zero-order valence-electron chi connectivity index (χ0n) is 11.1. The monoisotopic (exact) mass is 247 g/mol. The van der Waals surface area contributed by atoms with Crippen molar-refractivity contribution in [3.05, 3.63) is 29.8 Å². The molecule has 0 saturated carbocycles. The highest BCUT2D eigenvalue weighted by molar-refractivity contribution is 5.30. The Balaban J connectivity index is 2.78. The van der Waals surface area contributed by atoms with Crippen molar-refractivity contribution in [2.24, 2.45) is 5.92 Å². The highest BCUT2D eigenvalue weighted by Crippen LogP contribution is 2.27. The molecule has 0 fully saturated rings. The van der Waals surface area contributed by atoms with Gasteiger partial charge < -0.3 is 9.84 Å². The maximum Gasteiger partial charge on any atom is 0.119 e. The van der Waals surface area contributed by atoms with Crippen LogP contribution in [-0.2, 0) is 0 Å². The van der Waals surface area contributed by atoms with E-state index in [1.807, 2.05) is 38.1 Å². The van der Waals surface area contributed by atoms with Crippen molar-refractivity contribution < 1.29 is 9.84 Å². The first-order chi connectivity index (χ1) is 8.72. The number of aliphatic hydroxyl groups is 1. The standard InChI is InChI=1S/C15H21NO2/c1-3-6-13(11-16)15(17)12-7-5-8-14(10-12)18-9-4-2/h5,7-8,10,13,15,17H,3-4,6,9H2,1-2H3. The zero-order valence-corrected chi connectivity index (χ0v) is 11.1. The number of nitrogens with zero attached hydrogens (tertiary/aromatic N) is 1. The number of hydrogen-bond acceptors (Lipinski definition) is 3. The number of nitriles is 1. The van der Waals surface area contributed by atoms with Crippen LogP contribution in [0.15, 0.2) is 24.3 Å². The summed E-state index contributed by atoms with van der Waals surface area (Å²) in [6.45, 7) is 4.72. The highest BCUT2D eigenvalue weighted by atomic mass is 16.5. The van der Waals surface area contributed by atoms with Gasteiger partial charge in [0.1, 0.15) is 5.75 Å². The predicted octanol–water partition coefficient (Wildman–Crippen LogP) is 3.45. The van der Waals surface area contributed by atoms with Gasteiger partial charge in [0.05, 0.1) is 24.7 Å². The number of hydrogen-bond donors (Lipinski definition) is 1. The number of aliphatic hydroxyl groups excluding tert-OH is 1. The average Bonchev–Trinajstić information content (AvgIpc) is 2.42. The minimum Gasteiger partial charge on any atom is -0.494 e. The Kier molecular flexibility index (Phi) is 6.24. The van der Waals surface area contributed by atoms with Crippen LogP contribution in [0, 0.1) is 17.2 Å². The molecule has 1 aromatic rings. The topological polar surface area (TPSA) is 53.2 Å². The fourth-order valence-electron chi connectivity index (χ4n) is 1.84. The van der Waals surface area contributed by atoms with Crippen LogP contribution < -0.4 is 4.74 Å². The Labute approximate surface area is 109 Å². The fourth-order valence-corrected chi connectivity index (χ4v) is 1.84. The van der Waals surface area contributed by atoms with Crippen LogP contribution in [0.25, 0.3) is 0 Å². The van der Waals surface area contributed by atoms with Crippen LogP contribution in [0.2, 0.25) is 0 Å². The molecular formula is C15H21NO2. The summed E-state index contributed by atoms with van der Waals surface area (Å²) >= 11 is 0. The third-order valence-corrected chi connectivity index (χ3v) is 2.82. The van der Waals surface area contributed by atoms with Crippen LogP contribution in [-0.4, -0.2) is 11.7 Å². The molecule has 0 radical (unpaired) electrons. The van der Waals surface area contributed by atoms with Crippen molar-refractivity contribution in [2.75, 3.05) is 6.61 Å². The Hall–Kier alpha value is -1.53. The van der Waals surface area contributed by atoms with Gasteiger partial charge in [0.15, 0.2) is 0 Å². The molecule has 0 heterocycles. The Morgan fingerprint density at radius 2 is 2.11 bits per heavy atom. The van der Waals surface area contributed by atoms with Crippen LogP contribution in [0.5, 0.6) is 5.75 Å². The second-order valence-corrected chi connectivity index (χ2v) is 4.39. The molecule has 3 nitrogen and oxygen atoms in total. The number of benzene rings is 1. The Morgan fingerprint density at radius 3 is 2.72 bits per heavy atom. The van der Waals surface area contributed by atoms with Crippen molar-refractivity contribution in [2.45, 2.75) is 39.2 Å². The minimum absolute atomic E-state index is 0.351. The molecule has 1 rings (SSSR count).